The molecule has 2 aromatic carbocycles. The fourth-order valence-corrected chi connectivity index (χ4v) is 2.78. The summed E-state index contributed by atoms with van der Waals surface area (Å²) in [6.07, 6.45) is 3.12. The van der Waals surface area contributed by atoms with Gasteiger partial charge in [0.1, 0.15) is 5.76 Å². The Hall–Kier alpha value is -4.13. The largest absolute Gasteiger partial charge is 0.465 e. The normalized spacial score (nSPS) is 10.9. The molecule has 0 bridgehead atoms. The van der Waals surface area contributed by atoms with E-state index in [2.05, 4.69) is 5.32 Å². The summed E-state index contributed by atoms with van der Waals surface area (Å²) in [6, 6.07) is 16.7. The lowest BCUT2D eigenvalue weighted by Crippen LogP contribution is -2.15. The third kappa shape index (κ3) is 4.82. The molecule has 0 saturated heterocycles. The van der Waals surface area contributed by atoms with Crippen molar-refractivity contribution >= 4 is 35.2 Å². The van der Waals surface area contributed by atoms with Crippen LogP contribution < -0.4 is 5.32 Å². The van der Waals surface area contributed by atoms with E-state index in [9.17, 15) is 14.4 Å². The van der Waals surface area contributed by atoms with Gasteiger partial charge in [-0.2, -0.15) is 0 Å². The molecular weight excluding hydrogens is 386 g/mol. The molecule has 0 spiro atoms. The van der Waals surface area contributed by atoms with Crippen LogP contribution in [-0.2, 0) is 14.3 Å². The third-order valence-corrected chi connectivity index (χ3v) is 4.19. The molecule has 0 atom stereocenters. The monoisotopic (exact) mass is 405 g/mol. The number of carbonyl (C=O) groups is 3. The maximum atomic E-state index is 13.1. The standard InChI is InChI=1S/C23H19NO6/c1-28-22(26)16-11-17(23(27)29-2)13-18(12-16)24-21(25)20(14-19-9-6-10-30-19)15-7-4-3-5-8-15/h3-14H,1-2H3,(H,24,25)/b20-14+. The first-order chi connectivity index (χ1) is 14.5. The highest BCUT2D eigenvalue weighted by molar-refractivity contribution is 6.29. The van der Waals surface area contributed by atoms with E-state index in [4.69, 9.17) is 13.9 Å². The summed E-state index contributed by atoms with van der Waals surface area (Å²) >= 11 is 0. The van der Waals surface area contributed by atoms with E-state index in [0.717, 1.165) is 0 Å². The molecule has 1 N–H and O–H groups in total. The number of esters is 2. The zero-order valence-corrected chi connectivity index (χ0v) is 16.4. The van der Waals surface area contributed by atoms with Crippen molar-refractivity contribution in [2.24, 2.45) is 0 Å². The number of amides is 1. The molecule has 0 fully saturated rings. The Morgan fingerprint density at radius 1 is 0.833 bits per heavy atom. The fourth-order valence-electron chi connectivity index (χ4n) is 2.78. The van der Waals surface area contributed by atoms with E-state index in [0.29, 0.717) is 16.9 Å². The number of furan rings is 1. The molecule has 152 valence electrons. The van der Waals surface area contributed by atoms with E-state index in [-0.39, 0.29) is 16.8 Å². The van der Waals surface area contributed by atoms with E-state index < -0.39 is 17.8 Å². The van der Waals surface area contributed by atoms with Crippen LogP contribution >= 0.6 is 0 Å². The van der Waals surface area contributed by atoms with Crippen LogP contribution in [0, 0.1) is 0 Å². The molecule has 30 heavy (non-hydrogen) atoms. The Balaban J connectivity index is 1.99. The van der Waals surface area contributed by atoms with Crippen molar-refractivity contribution in [1.29, 1.82) is 0 Å². The van der Waals surface area contributed by atoms with Gasteiger partial charge in [-0.15, -0.1) is 0 Å². The minimum absolute atomic E-state index is 0.104. The molecule has 1 amide bonds. The van der Waals surface area contributed by atoms with Gasteiger partial charge in [0.25, 0.3) is 5.91 Å². The van der Waals surface area contributed by atoms with Crippen molar-refractivity contribution in [3.05, 3.63) is 89.4 Å². The van der Waals surface area contributed by atoms with Crippen LogP contribution in [0.3, 0.4) is 0 Å². The zero-order chi connectivity index (χ0) is 21.5. The topological polar surface area (TPSA) is 94.8 Å². The van der Waals surface area contributed by atoms with Gasteiger partial charge in [-0.3, -0.25) is 4.79 Å². The minimum atomic E-state index is -0.648. The molecule has 0 saturated carbocycles. The van der Waals surface area contributed by atoms with Crippen LogP contribution in [0.5, 0.6) is 0 Å². The molecule has 0 aliphatic rings. The van der Waals surface area contributed by atoms with Crippen LogP contribution in [0.1, 0.15) is 32.0 Å². The van der Waals surface area contributed by atoms with Gasteiger partial charge in [0.15, 0.2) is 0 Å². The number of rotatable bonds is 6. The number of carbonyl (C=O) groups excluding carboxylic acids is 3. The van der Waals surface area contributed by atoms with Gasteiger partial charge in [-0.25, -0.2) is 9.59 Å². The third-order valence-electron chi connectivity index (χ3n) is 4.19. The minimum Gasteiger partial charge on any atom is -0.465 e. The Morgan fingerprint density at radius 3 is 2.00 bits per heavy atom. The molecular formula is C23H19NO6. The van der Waals surface area contributed by atoms with Crippen LogP contribution in [0.25, 0.3) is 11.6 Å². The van der Waals surface area contributed by atoms with Crippen LogP contribution in [0.2, 0.25) is 0 Å². The van der Waals surface area contributed by atoms with Crippen LogP contribution in [0.15, 0.2) is 71.3 Å². The lowest BCUT2D eigenvalue weighted by atomic mass is 10.0. The average molecular weight is 405 g/mol. The zero-order valence-electron chi connectivity index (χ0n) is 16.4. The smallest absolute Gasteiger partial charge is 0.337 e. The first-order valence-electron chi connectivity index (χ1n) is 8.95. The maximum Gasteiger partial charge on any atom is 0.337 e. The molecule has 0 radical (unpaired) electrons. The number of hydrogen-bond donors (Lipinski definition) is 1. The van der Waals surface area contributed by atoms with Gasteiger partial charge in [-0.1, -0.05) is 30.3 Å². The van der Waals surface area contributed by atoms with Gasteiger partial charge in [0, 0.05) is 5.69 Å². The van der Waals surface area contributed by atoms with Gasteiger partial charge >= 0.3 is 11.9 Å². The highest BCUT2D eigenvalue weighted by Crippen LogP contribution is 2.23. The van der Waals surface area contributed by atoms with Crippen molar-refractivity contribution < 1.29 is 28.3 Å². The summed E-state index contributed by atoms with van der Waals surface area (Å²) in [7, 11) is 2.45. The lowest BCUT2D eigenvalue weighted by Gasteiger charge is -2.12. The first kappa shape index (κ1) is 20.6. The summed E-state index contributed by atoms with van der Waals surface area (Å²) in [4.78, 5) is 37.0. The number of nitrogens with one attached hydrogen (secondary N) is 1. The summed E-state index contributed by atoms with van der Waals surface area (Å²) in [6.45, 7) is 0. The predicted molar refractivity (Wildman–Crippen MR) is 111 cm³/mol. The van der Waals surface area contributed by atoms with Gasteiger partial charge in [0.2, 0.25) is 0 Å². The quantitative estimate of drug-likeness (QED) is 0.491. The highest BCUT2D eigenvalue weighted by atomic mass is 16.5. The Labute approximate surface area is 172 Å². The van der Waals surface area contributed by atoms with Crippen LogP contribution in [0.4, 0.5) is 5.69 Å². The number of benzene rings is 2. The molecule has 0 aliphatic carbocycles. The number of ether oxygens (including phenoxy) is 2. The van der Waals surface area contributed by atoms with Gasteiger partial charge < -0.3 is 19.2 Å². The van der Waals surface area contributed by atoms with Crippen molar-refractivity contribution in [3.8, 4) is 0 Å². The summed E-state index contributed by atoms with van der Waals surface area (Å²) < 4.78 is 14.8. The second kappa shape index (κ2) is 9.38. The maximum absolute atomic E-state index is 13.1. The predicted octanol–water partition coefficient (Wildman–Crippen LogP) is 4.03. The second-order valence-corrected chi connectivity index (χ2v) is 6.18. The molecule has 7 heteroatoms. The molecule has 1 aromatic heterocycles. The van der Waals surface area contributed by atoms with Crippen molar-refractivity contribution in [1.82, 2.24) is 0 Å². The SMILES string of the molecule is COC(=O)c1cc(NC(=O)/C(=C/c2ccco2)c2ccccc2)cc(C(=O)OC)c1. The molecule has 1 heterocycles. The summed E-state index contributed by atoms with van der Waals surface area (Å²) in [5, 5.41) is 2.73. The molecule has 0 unspecified atom stereocenters. The van der Waals surface area contributed by atoms with Crippen molar-refractivity contribution in [2.75, 3.05) is 19.5 Å². The fraction of sp³-hybridized carbons (Fsp3) is 0.0870. The number of anilines is 1. The number of methoxy groups -OCH3 is 2. The Bertz CT molecular complexity index is 1050. The summed E-state index contributed by atoms with van der Waals surface area (Å²) in [5.74, 6) is -1.24. The molecule has 7 nitrogen and oxygen atoms in total. The summed E-state index contributed by atoms with van der Waals surface area (Å²) in [5.41, 5.74) is 1.46. The van der Waals surface area contributed by atoms with Crippen LogP contribution in [-0.4, -0.2) is 32.1 Å². The van der Waals surface area contributed by atoms with E-state index in [1.807, 2.05) is 18.2 Å². The van der Waals surface area contributed by atoms with Gasteiger partial charge in [-0.05, 0) is 42.0 Å². The molecule has 0 aliphatic heterocycles. The second-order valence-electron chi connectivity index (χ2n) is 6.18. The van der Waals surface area contributed by atoms with Gasteiger partial charge in [0.05, 0.1) is 37.2 Å². The van der Waals surface area contributed by atoms with Crippen molar-refractivity contribution in [3.63, 3.8) is 0 Å². The Morgan fingerprint density at radius 2 is 1.47 bits per heavy atom. The van der Waals surface area contributed by atoms with E-state index in [1.54, 1.807) is 30.3 Å². The average Bonchev–Trinajstić information content (AvgIpc) is 3.30. The number of hydrogen-bond acceptors (Lipinski definition) is 6. The highest BCUT2D eigenvalue weighted by Gasteiger charge is 2.17. The first-order valence-corrected chi connectivity index (χ1v) is 8.95. The Kier molecular flexibility index (Phi) is 6.44. The van der Waals surface area contributed by atoms with Crippen molar-refractivity contribution in [2.45, 2.75) is 0 Å². The molecule has 3 rings (SSSR count). The van der Waals surface area contributed by atoms with E-state index >= 15 is 0 Å². The lowest BCUT2D eigenvalue weighted by molar-refractivity contribution is -0.111. The molecule has 3 aromatic rings. The van der Waals surface area contributed by atoms with E-state index in [1.165, 1.54) is 38.7 Å².